The van der Waals surface area contributed by atoms with E-state index in [4.69, 9.17) is 0 Å². The van der Waals surface area contributed by atoms with E-state index in [9.17, 15) is 0 Å². The van der Waals surface area contributed by atoms with E-state index in [0.29, 0.717) is 10.3 Å². The van der Waals surface area contributed by atoms with Gasteiger partial charge in [0.15, 0.2) is 0 Å². The van der Waals surface area contributed by atoms with Crippen LogP contribution in [-0.4, -0.2) is 32.9 Å². The molecule has 4 fully saturated rings. The first kappa shape index (κ1) is 29.8. The number of hydrogen-bond acceptors (Lipinski definition) is 0. The van der Waals surface area contributed by atoms with Crippen molar-refractivity contribution in [3.05, 3.63) is 0 Å². The molecule has 210 valence electrons. The topological polar surface area (TPSA) is 0 Å². The Bertz CT molecular complexity index is 538. The SMILES string of the molecule is CC(C(C)C(C)(C)P(C1CCCCC1)C1CCCCC1)C(C)(C)P(C1CCCCC1)C1CCCCC1. The molecule has 0 aromatic heterocycles. The van der Waals surface area contributed by atoms with Crippen molar-refractivity contribution in [2.24, 2.45) is 11.8 Å². The summed E-state index contributed by atoms with van der Waals surface area (Å²) in [7, 11) is 0.199. The van der Waals surface area contributed by atoms with E-state index in [1.807, 2.05) is 0 Å². The molecule has 4 saturated carbocycles. The van der Waals surface area contributed by atoms with Gasteiger partial charge in [0.25, 0.3) is 0 Å². The lowest BCUT2D eigenvalue weighted by atomic mass is 9.78. The minimum absolute atomic E-state index is 0.0997. The summed E-state index contributed by atoms with van der Waals surface area (Å²) in [5, 5.41) is 1.05. The highest BCUT2D eigenvalue weighted by molar-refractivity contribution is 7.61. The molecule has 0 bridgehead atoms. The van der Waals surface area contributed by atoms with Crippen molar-refractivity contribution in [1.82, 2.24) is 0 Å². The van der Waals surface area contributed by atoms with E-state index < -0.39 is 0 Å². The summed E-state index contributed by atoms with van der Waals surface area (Å²) in [6.45, 7) is 16.7. The van der Waals surface area contributed by atoms with E-state index in [1.54, 1.807) is 51.4 Å². The third-order valence-corrected chi connectivity index (χ3v) is 20.9. The van der Waals surface area contributed by atoms with E-state index in [1.165, 1.54) is 77.0 Å². The molecule has 0 amide bonds. The van der Waals surface area contributed by atoms with Crippen molar-refractivity contribution in [3.8, 4) is 0 Å². The van der Waals surface area contributed by atoms with E-state index in [2.05, 4.69) is 41.5 Å². The van der Waals surface area contributed by atoms with E-state index in [0.717, 1.165) is 34.5 Å². The summed E-state index contributed by atoms with van der Waals surface area (Å²) in [6, 6.07) is 0. The minimum Gasteiger partial charge on any atom is -0.0942 e. The lowest BCUT2D eigenvalue weighted by molar-refractivity contribution is 0.261. The predicted molar refractivity (Wildman–Crippen MR) is 168 cm³/mol. The first-order valence-electron chi connectivity index (χ1n) is 16.8. The zero-order valence-corrected chi connectivity index (χ0v) is 27.3. The van der Waals surface area contributed by atoms with Gasteiger partial charge in [-0.15, -0.1) is 0 Å². The third-order valence-electron chi connectivity index (χ3n) is 12.2. The zero-order chi connectivity index (χ0) is 25.8. The molecule has 0 nitrogen and oxygen atoms in total. The van der Waals surface area contributed by atoms with Gasteiger partial charge < -0.3 is 0 Å². The van der Waals surface area contributed by atoms with Crippen LogP contribution in [0.15, 0.2) is 0 Å². The standard InChI is InChI=1S/C34H64P2/c1-27(33(3,4)35(29-19-11-7-12-20-29)30-21-13-8-14-22-30)28(2)34(5,6)36(31-23-15-9-16-24-31)32-25-17-10-18-26-32/h27-32H,7-26H2,1-6H3. The summed E-state index contributed by atoms with van der Waals surface area (Å²) in [6.07, 6.45) is 30.7. The van der Waals surface area contributed by atoms with Crippen LogP contribution in [0.3, 0.4) is 0 Å². The lowest BCUT2D eigenvalue weighted by Gasteiger charge is -2.56. The average molecular weight is 535 g/mol. The van der Waals surface area contributed by atoms with Gasteiger partial charge >= 0.3 is 0 Å². The fourth-order valence-electron chi connectivity index (χ4n) is 9.61. The highest BCUT2D eigenvalue weighted by atomic mass is 31.1. The molecule has 0 aromatic carbocycles. The normalized spacial score (nSPS) is 27.0. The molecule has 4 aliphatic rings. The molecule has 0 spiro atoms. The predicted octanol–water partition coefficient (Wildman–Crippen LogP) is 12.1. The largest absolute Gasteiger partial charge is 0.0942 e. The molecule has 0 aliphatic heterocycles. The summed E-state index contributed by atoms with van der Waals surface area (Å²) in [5.74, 6) is 1.69. The van der Waals surface area contributed by atoms with Crippen molar-refractivity contribution in [3.63, 3.8) is 0 Å². The monoisotopic (exact) mass is 534 g/mol. The van der Waals surface area contributed by atoms with Gasteiger partial charge in [-0.05, 0) is 96.2 Å². The quantitative estimate of drug-likeness (QED) is 0.258. The molecule has 0 radical (unpaired) electrons. The Morgan fingerprint density at radius 1 is 0.389 bits per heavy atom. The summed E-state index contributed by atoms with van der Waals surface area (Å²) >= 11 is 0. The Morgan fingerprint density at radius 2 is 0.583 bits per heavy atom. The highest BCUT2D eigenvalue weighted by Gasteiger charge is 2.50. The molecule has 2 atom stereocenters. The maximum atomic E-state index is 2.79. The van der Waals surface area contributed by atoms with Gasteiger partial charge in [-0.25, -0.2) is 0 Å². The van der Waals surface area contributed by atoms with Crippen LogP contribution < -0.4 is 0 Å². The molecule has 36 heavy (non-hydrogen) atoms. The molecule has 0 heterocycles. The molecule has 0 aromatic rings. The van der Waals surface area contributed by atoms with Crippen LogP contribution in [0.2, 0.25) is 0 Å². The zero-order valence-electron chi connectivity index (χ0n) is 25.5. The molecular formula is C34H64P2. The van der Waals surface area contributed by atoms with Crippen molar-refractivity contribution >= 4 is 15.8 Å². The second kappa shape index (κ2) is 13.5. The molecule has 0 saturated heterocycles. The molecule has 2 heteroatoms. The van der Waals surface area contributed by atoms with Crippen molar-refractivity contribution in [2.75, 3.05) is 0 Å². The molecule has 0 N–H and O–H groups in total. The minimum atomic E-state index is 0.0997. The van der Waals surface area contributed by atoms with Crippen LogP contribution >= 0.6 is 15.8 Å². The van der Waals surface area contributed by atoms with Crippen LogP contribution in [0.25, 0.3) is 0 Å². The van der Waals surface area contributed by atoms with Crippen molar-refractivity contribution < 1.29 is 0 Å². The van der Waals surface area contributed by atoms with Gasteiger partial charge in [0.1, 0.15) is 0 Å². The van der Waals surface area contributed by atoms with Gasteiger partial charge in [-0.1, -0.05) is 134 Å². The molecule has 2 unspecified atom stereocenters. The van der Waals surface area contributed by atoms with Gasteiger partial charge in [-0.3, -0.25) is 0 Å². The smallest absolute Gasteiger partial charge is 0.0118 e. The Morgan fingerprint density at radius 3 is 0.778 bits per heavy atom. The Kier molecular flexibility index (Phi) is 11.2. The molecule has 4 rings (SSSR count). The van der Waals surface area contributed by atoms with Crippen LogP contribution in [0, 0.1) is 11.8 Å². The average Bonchev–Trinajstić information content (AvgIpc) is 2.90. The van der Waals surface area contributed by atoms with Gasteiger partial charge in [0.2, 0.25) is 0 Å². The second-order valence-corrected chi connectivity index (χ2v) is 21.7. The van der Waals surface area contributed by atoms with Crippen LogP contribution in [0.1, 0.15) is 170 Å². The van der Waals surface area contributed by atoms with Crippen LogP contribution in [-0.2, 0) is 0 Å². The highest BCUT2D eigenvalue weighted by Crippen LogP contribution is 2.70. The molecular weight excluding hydrogens is 470 g/mol. The third kappa shape index (κ3) is 6.77. The van der Waals surface area contributed by atoms with E-state index in [-0.39, 0.29) is 15.8 Å². The number of rotatable bonds is 9. The van der Waals surface area contributed by atoms with Gasteiger partial charge in [0.05, 0.1) is 0 Å². The van der Waals surface area contributed by atoms with Crippen LogP contribution in [0.5, 0.6) is 0 Å². The summed E-state index contributed by atoms with van der Waals surface area (Å²) in [5.41, 5.74) is 4.29. The maximum absolute atomic E-state index is 2.79. The Labute approximate surface area is 230 Å². The van der Waals surface area contributed by atoms with Gasteiger partial charge in [-0.2, -0.15) is 0 Å². The maximum Gasteiger partial charge on any atom is -0.0118 e. The van der Waals surface area contributed by atoms with Crippen molar-refractivity contribution in [1.29, 1.82) is 0 Å². The van der Waals surface area contributed by atoms with Crippen molar-refractivity contribution in [2.45, 2.75) is 203 Å². The number of hydrogen-bond donors (Lipinski definition) is 0. The van der Waals surface area contributed by atoms with Crippen LogP contribution in [0.4, 0.5) is 0 Å². The molecule has 4 aliphatic carbocycles. The Hall–Kier alpha value is 0.860. The fraction of sp³-hybridized carbons (Fsp3) is 1.00. The first-order chi connectivity index (χ1) is 17.2. The first-order valence-corrected chi connectivity index (χ1v) is 19.8. The second-order valence-electron chi connectivity index (χ2n) is 14.9. The Balaban J connectivity index is 1.59. The van der Waals surface area contributed by atoms with E-state index >= 15 is 0 Å². The summed E-state index contributed by atoms with van der Waals surface area (Å²) < 4.78 is 0. The van der Waals surface area contributed by atoms with Gasteiger partial charge in [0, 0.05) is 0 Å². The fourth-order valence-corrected chi connectivity index (χ4v) is 19.6. The summed E-state index contributed by atoms with van der Waals surface area (Å²) in [4.78, 5) is 0. The lowest BCUT2D eigenvalue weighted by Crippen LogP contribution is -2.46.